The highest BCUT2D eigenvalue weighted by Gasteiger charge is 2.15. The minimum Gasteiger partial charge on any atom is -0.126 e. The SMILES string of the molecule is CCCCC(CC)CC(CCl)Cc1cccc(Br)c1. The molecule has 0 N–H and O–H groups in total. The van der Waals surface area contributed by atoms with E-state index < -0.39 is 0 Å². The molecule has 1 aromatic carbocycles. The summed E-state index contributed by atoms with van der Waals surface area (Å²) >= 11 is 9.72. The van der Waals surface area contributed by atoms with Gasteiger partial charge in [-0.3, -0.25) is 0 Å². The fourth-order valence-electron chi connectivity index (χ4n) is 2.65. The summed E-state index contributed by atoms with van der Waals surface area (Å²) in [5.41, 5.74) is 1.39. The molecule has 0 aliphatic carbocycles. The van der Waals surface area contributed by atoms with E-state index in [1.54, 1.807) is 0 Å². The van der Waals surface area contributed by atoms with Gasteiger partial charge in [-0.2, -0.15) is 0 Å². The van der Waals surface area contributed by atoms with E-state index in [0.717, 1.165) is 22.7 Å². The van der Waals surface area contributed by atoms with Crippen LogP contribution < -0.4 is 0 Å². The van der Waals surface area contributed by atoms with E-state index in [2.05, 4.69) is 54.0 Å². The maximum atomic E-state index is 6.18. The summed E-state index contributed by atoms with van der Waals surface area (Å²) in [7, 11) is 0. The molecule has 0 amide bonds. The van der Waals surface area contributed by atoms with Gasteiger partial charge in [0.15, 0.2) is 0 Å². The zero-order valence-electron chi connectivity index (χ0n) is 12.2. The Labute approximate surface area is 132 Å². The highest BCUT2D eigenvalue weighted by atomic mass is 79.9. The van der Waals surface area contributed by atoms with Crippen LogP contribution in [-0.2, 0) is 6.42 Å². The molecule has 0 aliphatic rings. The number of alkyl halides is 1. The number of halogens is 2. The second kappa shape index (κ2) is 9.83. The molecule has 1 aromatic rings. The van der Waals surface area contributed by atoms with Crippen LogP contribution in [0, 0.1) is 11.8 Å². The van der Waals surface area contributed by atoms with E-state index >= 15 is 0 Å². The Hall–Kier alpha value is -0.0100. The van der Waals surface area contributed by atoms with Crippen LogP contribution in [0.2, 0.25) is 0 Å². The molecule has 0 spiro atoms. The Morgan fingerprint density at radius 2 is 2.00 bits per heavy atom. The molecule has 1 rings (SSSR count). The van der Waals surface area contributed by atoms with Crippen LogP contribution in [0.3, 0.4) is 0 Å². The van der Waals surface area contributed by atoms with Crippen LogP contribution in [0.5, 0.6) is 0 Å². The van der Waals surface area contributed by atoms with Crippen LogP contribution in [0.25, 0.3) is 0 Å². The molecular weight excluding hydrogens is 320 g/mol. The average Bonchev–Trinajstić information content (AvgIpc) is 2.42. The third kappa shape index (κ3) is 6.81. The Kier molecular flexibility index (Phi) is 8.81. The first kappa shape index (κ1) is 17.0. The highest BCUT2D eigenvalue weighted by molar-refractivity contribution is 9.10. The van der Waals surface area contributed by atoms with Gasteiger partial charge in [-0.1, -0.05) is 67.6 Å². The number of hydrogen-bond donors (Lipinski definition) is 0. The molecule has 0 saturated heterocycles. The lowest BCUT2D eigenvalue weighted by Crippen LogP contribution is -2.13. The molecule has 0 fully saturated rings. The van der Waals surface area contributed by atoms with Crippen LogP contribution in [-0.4, -0.2) is 5.88 Å². The molecule has 19 heavy (non-hydrogen) atoms. The van der Waals surface area contributed by atoms with Crippen molar-refractivity contribution >= 4 is 27.5 Å². The molecule has 0 radical (unpaired) electrons. The van der Waals surface area contributed by atoms with Crippen molar-refractivity contribution < 1.29 is 0 Å². The third-order valence-corrected chi connectivity index (χ3v) is 4.77. The van der Waals surface area contributed by atoms with E-state index in [-0.39, 0.29) is 0 Å². The Morgan fingerprint density at radius 3 is 2.58 bits per heavy atom. The molecule has 2 heteroatoms. The van der Waals surface area contributed by atoms with Crippen molar-refractivity contribution in [3.63, 3.8) is 0 Å². The van der Waals surface area contributed by atoms with Gasteiger partial charge in [0.1, 0.15) is 0 Å². The molecule has 0 nitrogen and oxygen atoms in total. The minimum atomic E-state index is 0.609. The van der Waals surface area contributed by atoms with E-state index in [0.29, 0.717) is 5.92 Å². The minimum absolute atomic E-state index is 0.609. The summed E-state index contributed by atoms with van der Waals surface area (Å²) in [5, 5.41) is 0. The van der Waals surface area contributed by atoms with Crippen molar-refractivity contribution in [3.05, 3.63) is 34.3 Å². The largest absolute Gasteiger partial charge is 0.126 e. The molecule has 0 aromatic heterocycles. The topological polar surface area (TPSA) is 0 Å². The van der Waals surface area contributed by atoms with E-state index in [4.69, 9.17) is 11.6 Å². The van der Waals surface area contributed by atoms with Gasteiger partial charge in [-0.15, -0.1) is 11.6 Å². The molecule has 0 heterocycles. The van der Waals surface area contributed by atoms with Gasteiger partial charge >= 0.3 is 0 Å². The summed E-state index contributed by atoms with van der Waals surface area (Å²) in [5.74, 6) is 2.23. The molecule has 0 saturated carbocycles. The monoisotopic (exact) mass is 344 g/mol. The van der Waals surface area contributed by atoms with Gasteiger partial charge in [-0.25, -0.2) is 0 Å². The maximum absolute atomic E-state index is 6.18. The van der Waals surface area contributed by atoms with Crippen molar-refractivity contribution in [2.75, 3.05) is 5.88 Å². The standard InChI is InChI=1S/C17H26BrCl/c1-3-5-7-14(4-2)10-16(13-19)11-15-8-6-9-17(18)12-15/h6,8-9,12,14,16H,3-5,7,10-11,13H2,1-2H3. The van der Waals surface area contributed by atoms with Crippen LogP contribution in [0.1, 0.15) is 51.5 Å². The second-order valence-electron chi connectivity index (χ2n) is 5.51. The molecule has 0 bridgehead atoms. The lowest BCUT2D eigenvalue weighted by Gasteiger charge is -2.21. The first-order chi connectivity index (χ1) is 9.19. The van der Waals surface area contributed by atoms with Crippen molar-refractivity contribution in [3.8, 4) is 0 Å². The smallest absolute Gasteiger partial charge is 0.0255 e. The Morgan fingerprint density at radius 1 is 1.21 bits per heavy atom. The van der Waals surface area contributed by atoms with E-state index in [9.17, 15) is 0 Å². The summed E-state index contributed by atoms with van der Waals surface area (Å²) in [6.07, 6.45) is 7.67. The van der Waals surface area contributed by atoms with Crippen molar-refractivity contribution in [1.82, 2.24) is 0 Å². The number of benzene rings is 1. The van der Waals surface area contributed by atoms with Gasteiger partial charge in [0.05, 0.1) is 0 Å². The summed E-state index contributed by atoms with van der Waals surface area (Å²) < 4.78 is 1.16. The van der Waals surface area contributed by atoms with Gasteiger partial charge in [0.25, 0.3) is 0 Å². The van der Waals surface area contributed by atoms with Crippen molar-refractivity contribution in [1.29, 1.82) is 0 Å². The first-order valence-corrected chi connectivity index (χ1v) is 8.82. The zero-order chi connectivity index (χ0) is 14.1. The summed E-state index contributed by atoms with van der Waals surface area (Å²) in [6, 6.07) is 8.61. The van der Waals surface area contributed by atoms with Crippen LogP contribution >= 0.6 is 27.5 Å². The average molecular weight is 346 g/mol. The summed E-state index contributed by atoms with van der Waals surface area (Å²) in [6.45, 7) is 4.58. The molecule has 2 unspecified atom stereocenters. The first-order valence-electron chi connectivity index (χ1n) is 7.49. The van der Waals surface area contributed by atoms with E-state index in [1.807, 2.05) is 0 Å². The van der Waals surface area contributed by atoms with Gasteiger partial charge < -0.3 is 0 Å². The van der Waals surface area contributed by atoms with E-state index in [1.165, 1.54) is 37.7 Å². The molecular formula is C17H26BrCl. The van der Waals surface area contributed by atoms with Gasteiger partial charge in [0, 0.05) is 10.4 Å². The molecule has 0 aliphatic heterocycles. The summed E-state index contributed by atoms with van der Waals surface area (Å²) in [4.78, 5) is 0. The van der Waals surface area contributed by atoms with Gasteiger partial charge in [-0.05, 0) is 42.4 Å². The molecule has 108 valence electrons. The normalized spacial score (nSPS) is 14.3. The fourth-order valence-corrected chi connectivity index (χ4v) is 3.33. The number of hydrogen-bond acceptors (Lipinski definition) is 0. The number of unbranched alkanes of at least 4 members (excludes halogenated alkanes) is 1. The molecule has 2 atom stereocenters. The number of rotatable bonds is 9. The van der Waals surface area contributed by atoms with Gasteiger partial charge in [0.2, 0.25) is 0 Å². The predicted molar refractivity (Wildman–Crippen MR) is 90.0 cm³/mol. The third-order valence-electron chi connectivity index (χ3n) is 3.84. The lowest BCUT2D eigenvalue weighted by molar-refractivity contribution is 0.353. The maximum Gasteiger partial charge on any atom is 0.0255 e. The Balaban J connectivity index is 2.52. The lowest BCUT2D eigenvalue weighted by atomic mass is 9.86. The van der Waals surface area contributed by atoms with Crippen LogP contribution in [0.4, 0.5) is 0 Å². The predicted octanol–water partition coefficient (Wildman–Crippen LogP) is 6.45. The van der Waals surface area contributed by atoms with Crippen LogP contribution in [0.15, 0.2) is 28.7 Å². The Bertz CT molecular complexity index is 351. The highest BCUT2D eigenvalue weighted by Crippen LogP contribution is 2.25. The fraction of sp³-hybridized carbons (Fsp3) is 0.647. The second-order valence-corrected chi connectivity index (χ2v) is 6.73. The van der Waals surface area contributed by atoms with Crippen molar-refractivity contribution in [2.24, 2.45) is 11.8 Å². The van der Waals surface area contributed by atoms with Crippen molar-refractivity contribution in [2.45, 2.75) is 52.4 Å². The zero-order valence-corrected chi connectivity index (χ0v) is 14.5. The quantitative estimate of drug-likeness (QED) is 0.451.